The van der Waals surface area contributed by atoms with Crippen LogP contribution in [0.5, 0.6) is 5.75 Å². The summed E-state index contributed by atoms with van der Waals surface area (Å²) in [6.45, 7) is 1.36. The van der Waals surface area contributed by atoms with Gasteiger partial charge in [-0.25, -0.2) is 9.67 Å². The number of alkyl halides is 3. The average molecular weight is 413 g/mol. The summed E-state index contributed by atoms with van der Waals surface area (Å²) in [4.78, 5) is 15.7. The maximum atomic E-state index is 12.6. The van der Waals surface area contributed by atoms with Gasteiger partial charge in [0.05, 0.1) is 13.7 Å². The zero-order chi connectivity index (χ0) is 17.4. The number of methoxy groups -OCH3 is 1. The zero-order valence-corrected chi connectivity index (χ0v) is 14.3. The molecule has 0 aliphatic heterocycles. The third-order valence-corrected chi connectivity index (χ3v) is 4.16. The maximum absolute atomic E-state index is 12.6. The van der Waals surface area contributed by atoms with Crippen molar-refractivity contribution >= 4 is 27.5 Å². The van der Waals surface area contributed by atoms with Crippen LogP contribution in [-0.2, 0) is 12.7 Å². The van der Waals surface area contributed by atoms with Gasteiger partial charge in [-0.3, -0.25) is 4.79 Å². The number of hydrogen-bond acceptors (Lipinski definition) is 4. The van der Waals surface area contributed by atoms with Crippen molar-refractivity contribution in [1.29, 1.82) is 0 Å². The molecule has 0 bridgehead atoms. The molecule has 2 aromatic heterocycles. The molecule has 0 aromatic carbocycles. The van der Waals surface area contributed by atoms with Gasteiger partial charge in [0.25, 0.3) is 0 Å². The van der Waals surface area contributed by atoms with Crippen LogP contribution in [0.2, 0.25) is 5.02 Å². The van der Waals surface area contributed by atoms with Crippen LogP contribution in [0.25, 0.3) is 0 Å². The lowest BCUT2D eigenvalue weighted by atomic mass is 10.2. The Kier molecular flexibility index (Phi) is 5.00. The van der Waals surface area contributed by atoms with Gasteiger partial charge in [0.2, 0.25) is 5.75 Å². The monoisotopic (exact) mass is 411 g/mol. The summed E-state index contributed by atoms with van der Waals surface area (Å²) in [5.41, 5.74) is -1.02. The Morgan fingerprint density at radius 3 is 2.57 bits per heavy atom. The van der Waals surface area contributed by atoms with Gasteiger partial charge in [0.15, 0.2) is 0 Å². The van der Waals surface area contributed by atoms with Crippen LogP contribution in [0.3, 0.4) is 0 Å². The van der Waals surface area contributed by atoms with Crippen LogP contribution in [0.4, 0.5) is 13.2 Å². The standard InChI is InChI=1S/C13H10BrClF3N3O2/c1-6-7(3-4-8(19-6)13(16,17)18)5-21-12(22)10(23-2)9(15)11(14)20-21/h3-4H,5H2,1-2H3. The predicted octanol–water partition coefficient (Wildman–Crippen LogP) is 3.44. The molecule has 0 amide bonds. The van der Waals surface area contributed by atoms with E-state index in [0.29, 0.717) is 5.56 Å². The Bertz CT molecular complexity index is 808. The SMILES string of the molecule is COc1c(Cl)c(Br)nn(Cc2ccc(C(F)(F)F)nc2C)c1=O. The third kappa shape index (κ3) is 3.66. The van der Waals surface area contributed by atoms with Gasteiger partial charge in [0.1, 0.15) is 15.3 Å². The summed E-state index contributed by atoms with van der Waals surface area (Å²) in [6.07, 6.45) is -4.52. The first-order valence-electron chi connectivity index (χ1n) is 6.19. The van der Waals surface area contributed by atoms with Crippen molar-refractivity contribution in [2.45, 2.75) is 19.6 Å². The number of aromatic nitrogens is 3. The normalized spacial score (nSPS) is 11.6. The van der Waals surface area contributed by atoms with Gasteiger partial charge >= 0.3 is 11.7 Å². The van der Waals surface area contributed by atoms with E-state index < -0.39 is 17.4 Å². The number of pyridine rings is 1. The van der Waals surface area contributed by atoms with Crippen molar-refractivity contribution in [1.82, 2.24) is 14.8 Å². The number of ether oxygens (including phenoxy) is 1. The summed E-state index contributed by atoms with van der Waals surface area (Å²) < 4.78 is 44.0. The predicted molar refractivity (Wildman–Crippen MR) is 80.8 cm³/mol. The minimum Gasteiger partial charge on any atom is -0.490 e. The second kappa shape index (κ2) is 6.48. The van der Waals surface area contributed by atoms with Crippen molar-refractivity contribution in [3.63, 3.8) is 0 Å². The third-order valence-electron chi connectivity index (χ3n) is 3.03. The van der Waals surface area contributed by atoms with Crippen molar-refractivity contribution in [3.8, 4) is 5.75 Å². The molecule has 0 saturated carbocycles. The Morgan fingerprint density at radius 1 is 1.39 bits per heavy atom. The van der Waals surface area contributed by atoms with Crippen LogP contribution in [0.15, 0.2) is 21.5 Å². The summed E-state index contributed by atoms with van der Waals surface area (Å²) >= 11 is 8.99. The molecular formula is C13H10BrClF3N3O2. The molecule has 0 radical (unpaired) electrons. The fraction of sp³-hybridized carbons (Fsp3) is 0.308. The molecule has 23 heavy (non-hydrogen) atoms. The van der Waals surface area contributed by atoms with Crippen LogP contribution < -0.4 is 10.3 Å². The molecule has 0 saturated heterocycles. The number of nitrogens with zero attached hydrogens (tertiary/aromatic N) is 3. The van der Waals surface area contributed by atoms with E-state index >= 15 is 0 Å². The molecule has 124 valence electrons. The Balaban J connectivity index is 2.45. The molecule has 0 fully saturated rings. The zero-order valence-electron chi connectivity index (χ0n) is 11.9. The topological polar surface area (TPSA) is 57.0 Å². The first kappa shape index (κ1) is 17.7. The maximum Gasteiger partial charge on any atom is 0.433 e. The van der Waals surface area contributed by atoms with Crippen LogP contribution >= 0.6 is 27.5 Å². The van der Waals surface area contributed by atoms with Crippen molar-refractivity contribution in [2.75, 3.05) is 7.11 Å². The van der Waals surface area contributed by atoms with E-state index in [1.807, 2.05) is 0 Å². The highest BCUT2D eigenvalue weighted by molar-refractivity contribution is 9.10. The molecule has 5 nitrogen and oxygen atoms in total. The smallest absolute Gasteiger partial charge is 0.433 e. The van der Waals surface area contributed by atoms with E-state index in [2.05, 4.69) is 26.0 Å². The molecule has 0 aliphatic carbocycles. The highest BCUT2D eigenvalue weighted by Crippen LogP contribution is 2.29. The molecule has 0 N–H and O–H groups in total. The fourth-order valence-corrected chi connectivity index (χ4v) is 2.43. The molecule has 2 rings (SSSR count). The minimum atomic E-state index is -4.52. The van der Waals surface area contributed by atoms with E-state index in [0.717, 1.165) is 10.7 Å². The molecular weight excluding hydrogens is 403 g/mol. The van der Waals surface area contributed by atoms with E-state index in [1.54, 1.807) is 0 Å². The molecule has 0 spiro atoms. The molecule has 2 heterocycles. The van der Waals surface area contributed by atoms with Crippen molar-refractivity contribution < 1.29 is 17.9 Å². The minimum absolute atomic E-state index is 0.0241. The first-order chi connectivity index (χ1) is 10.6. The summed E-state index contributed by atoms with van der Waals surface area (Å²) in [7, 11) is 1.28. The quantitative estimate of drug-likeness (QED) is 0.775. The van der Waals surface area contributed by atoms with Gasteiger partial charge in [-0.15, -0.1) is 0 Å². The number of aryl methyl sites for hydroxylation is 1. The molecule has 2 aromatic rings. The van der Waals surface area contributed by atoms with Crippen molar-refractivity contribution in [2.24, 2.45) is 0 Å². The Labute approximate surface area is 142 Å². The number of rotatable bonds is 3. The molecule has 0 unspecified atom stereocenters. The Hall–Kier alpha value is -1.61. The second-order valence-electron chi connectivity index (χ2n) is 4.54. The van der Waals surface area contributed by atoms with Gasteiger partial charge in [-0.1, -0.05) is 17.7 Å². The highest BCUT2D eigenvalue weighted by Gasteiger charge is 2.32. The lowest BCUT2D eigenvalue weighted by molar-refractivity contribution is -0.141. The van der Waals surface area contributed by atoms with Crippen LogP contribution in [-0.4, -0.2) is 21.9 Å². The lowest BCUT2D eigenvalue weighted by Gasteiger charge is -2.12. The molecule has 0 aliphatic rings. The Morgan fingerprint density at radius 2 is 2.04 bits per heavy atom. The van der Waals surface area contributed by atoms with Gasteiger partial charge in [-0.05, 0) is 34.5 Å². The molecule has 10 heteroatoms. The average Bonchev–Trinajstić information content (AvgIpc) is 2.46. The number of hydrogen-bond donors (Lipinski definition) is 0. The summed E-state index contributed by atoms with van der Waals surface area (Å²) in [5.74, 6) is -0.105. The van der Waals surface area contributed by atoms with E-state index in [9.17, 15) is 18.0 Å². The second-order valence-corrected chi connectivity index (χ2v) is 5.67. The largest absolute Gasteiger partial charge is 0.490 e. The van der Waals surface area contributed by atoms with Gasteiger partial charge in [-0.2, -0.15) is 18.3 Å². The van der Waals surface area contributed by atoms with Crippen LogP contribution in [0.1, 0.15) is 17.0 Å². The van der Waals surface area contributed by atoms with Crippen molar-refractivity contribution in [3.05, 3.63) is 49.1 Å². The molecule has 0 atom stereocenters. The van der Waals surface area contributed by atoms with Crippen LogP contribution in [0, 0.1) is 6.92 Å². The summed E-state index contributed by atoms with van der Waals surface area (Å²) in [6, 6.07) is 2.11. The lowest BCUT2D eigenvalue weighted by Crippen LogP contribution is -2.26. The summed E-state index contributed by atoms with van der Waals surface area (Å²) in [5, 5.41) is 3.97. The first-order valence-corrected chi connectivity index (χ1v) is 7.36. The van der Waals surface area contributed by atoms with Gasteiger partial charge in [0, 0.05) is 5.69 Å². The number of halogens is 5. The van der Waals surface area contributed by atoms with E-state index in [4.69, 9.17) is 16.3 Å². The van der Waals surface area contributed by atoms with Gasteiger partial charge < -0.3 is 4.74 Å². The highest BCUT2D eigenvalue weighted by atomic mass is 79.9. The fourth-order valence-electron chi connectivity index (χ4n) is 1.86. The van der Waals surface area contributed by atoms with E-state index in [1.165, 1.54) is 20.1 Å². The van der Waals surface area contributed by atoms with E-state index in [-0.39, 0.29) is 27.6 Å².